The molecule has 0 heterocycles. The van der Waals surface area contributed by atoms with Crippen LogP contribution in [0.1, 0.15) is 16.7 Å². The third kappa shape index (κ3) is 4.74. The van der Waals surface area contributed by atoms with Crippen LogP contribution in [0, 0.1) is 20.8 Å². The number of rotatable bonds is 5. The molecule has 1 N–H and O–H groups in total. The third-order valence-electron chi connectivity index (χ3n) is 3.87. The van der Waals surface area contributed by atoms with Crippen LogP contribution in [0.3, 0.4) is 0 Å². The summed E-state index contributed by atoms with van der Waals surface area (Å²) in [5.74, 6) is -0.415. The maximum atomic E-state index is 12.5. The van der Waals surface area contributed by atoms with Crippen molar-refractivity contribution in [2.45, 2.75) is 20.8 Å². The number of hydrogen-bond donors (Lipinski definition) is 1. The molecule has 0 fully saturated rings. The molecule has 0 saturated heterocycles. The SMILES string of the molecule is Cc1ccc(Cl)cc1N(CC(=O)Nc1c(C)cccc1C)S(C)(=O)=O. The second-order valence-electron chi connectivity index (χ2n) is 6.02. The molecule has 134 valence electrons. The lowest BCUT2D eigenvalue weighted by atomic mass is 10.1. The van der Waals surface area contributed by atoms with Crippen LogP contribution in [0.4, 0.5) is 11.4 Å². The number of hydrogen-bond acceptors (Lipinski definition) is 3. The van der Waals surface area contributed by atoms with Gasteiger partial charge in [0.2, 0.25) is 15.9 Å². The zero-order chi connectivity index (χ0) is 18.8. The van der Waals surface area contributed by atoms with Gasteiger partial charge in [-0.05, 0) is 49.6 Å². The van der Waals surface area contributed by atoms with E-state index in [1.54, 1.807) is 25.1 Å². The number of para-hydroxylation sites is 1. The fourth-order valence-electron chi connectivity index (χ4n) is 2.55. The van der Waals surface area contributed by atoms with Crippen LogP contribution in [-0.2, 0) is 14.8 Å². The molecule has 0 bridgehead atoms. The Morgan fingerprint density at radius 1 is 1.08 bits per heavy atom. The van der Waals surface area contributed by atoms with Gasteiger partial charge in [0.15, 0.2) is 0 Å². The lowest BCUT2D eigenvalue weighted by Gasteiger charge is -2.24. The van der Waals surface area contributed by atoms with E-state index in [-0.39, 0.29) is 6.54 Å². The van der Waals surface area contributed by atoms with Crippen LogP contribution in [0.2, 0.25) is 5.02 Å². The monoisotopic (exact) mass is 380 g/mol. The lowest BCUT2D eigenvalue weighted by Crippen LogP contribution is -2.38. The predicted octanol–water partition coefficient (Wildman–Crippen LogP) is 3.67. The third-order valence-corrected chi connectivity index (χ3v) is 5.23. The van der Waals surface area contributed by atoms with Crippen LogP contribution in [0.5, 0.6) is 0 Å². The van der Waals surface area contributed by atoms with Crippen molar-refractivity contribution < 1.29 is 13.2 Å². The van der Waals surface area contributed by atoms with Crippen molar-refractivity contribution in [3.63, 3.8) is 0 Å². The number of benzene rings is 2. The van der Waals surface area contributed by atoms with Crippen molar-refractivity contribution in [1.29, 1.82) is 0 Å². The van der Waals surface area contributed by atoms with Gasteiger partial charge in [-0.1, -0.05) is 35.9 Å². The minimum Gasteiger partial charge on any atom is -0.324 e. The molecule has 2 aromatic carbocycles. The van der Waals surface area contributed by atoms with Crippen molar-refractivity contribution >= 4 is 38.9 Å². The first-order valence-corrected chi connectivity index (χ1v) is 9.92. The summed E-state index contributed by atoms with van der Waals surface area (Å²) in [5.41, 5.74) is 3.64. The average molecular weight is 381 g/mol. The number of carbonyl (C=O) groups excluding carboxylic acids is 1. The highest BCUT2D eigenvalue weighted by atomic mass is 35.5. The largest absolute Gasteiger partial charge is 0.324 e. The van der Waals surface area contributed by atoms with Crippen LogP contribution in [0.25, 0.3) is 0 Å². The van der Waals surface area contributed by atoms with Gasteiger partial charge in [-0.3, -0.25) is 9.10 Å². The van der Waals surface area contributed by atoms with Crippen molar-refractivity contribution in [2.75, 3.05) is 22.4 Å². The molecule has 2 rings (SSSR count). The summed E-state index contributed by atoms with van der Waals surface area (Å²) in [6, 6.07) is 10.6. The molecule has 0 spiro atoms. The number of carbonyl (C=O) groups is 1. The summed E-state index contributed by atoms with van der Waals surface area (Å²) in [5, 5.41) is 3.21. The number of aryl methyl sites for hydroxylation is 3. The topological polar surface area (TPSA) is 66.5 Å². The maximum Gasteiger partial charge on any atom is 0.245 e. The minimum atomic E-state index is -3.65. The van der Waals surface area contributed by atoms with Gasteiger partial charge < -0.3 is 5.32 Å². The molecule has 0 saturated carbocycles. The molecule has 0 aliphatic heterocycles. The van der Waals surface area contributed by atoms with Gasteiger partial charge in [-0.2, -0.15) is 0 Å². The van der Waals surface area contributed by atoms with E-state index < -0.39 is 15.9 Å². The second-order valence-corrected chi connectivity index (χ2v) is 8.36. The Balaban J connectivity index is 2.32. The summed E-state index contributed by atoms with van der Waals surface area (Å²) in [7, 11) is -3.65. The number of anilines is 2. The molecule has 25 heavy (non-hydrogen) atoms. The Labute approximate surface area is 153 Å². The summed E-state index contributed by atoms with van der Waals surface area (Å²) in [6.07, 6.45) is 1.07. The normalized spacial score (nSPS) is 11.2. The quantitative estimate of drug-likeness (QED) is 0.860. The smallest absolute Gasteiger partial charge is 0.245 e. The summed E-state index contributed by atoms with van der Waals surface area (Å²) in [4.78, 5) is 12.5. The fraction of sp³-hybridized carbons (Fsp3) is 0.278. The highest BCUT2D eigenvalue weighted by Gasteiger charge is 2.23. The first kappa shape index (κ1) is 19.3. The Bertz CT molecular complexity index is 890. The summed E-state index contributed by atoms with van der Waals surface area (Å²) in [6.45, 7) is 5.22. The Morgan fingerprint density at radius 3 is 2.24 bits per heavy atom. The molecule has 1 amide bonds. The van der Waals surface area contributed by atoms with E-state index in [1.807, 2.05) is 32.0 Å². The lowest BCUT2D eigenvalue weighted by molar-refractivity contribution is -0.114. The van der Waals surface area contributed by atoms with Crippen LogP contribution in [-0.4, -0.2) is 27.1 Å². The summed E-state index contributed by atoms with van der Waals surface area (Å²) < 4.78 is 25.5. The van der Waals surface area contributed by atoms with Crippen molar-refractivity contribution in [1.82, 2.24) is 0 Å². The zero-order valence-electron chi connectivity index (χ0n) is 14.6. The molecular weight excluding hydrogens is 360 g/mol. The highest BCUT2D eigenvalue weighted by molar-refractivity contribution is 7.92. The van der Waals surface area contributed by atoms with E-state index in [9.17, 15) is 13.2 Å². The highest BCUT2D eigenvalue weighted by Crippen LogP contribution is 2.26. The molecule has 2 aromatic rings. The molecule has 7 heteroatoms. The van der Waals surface area contributed by atoms with Crippen molar-refractivity contribution in [3.05, 3.63) is 58.1 Å². The van der Waals surface area contributed by atoms with Gasteiger partial charge >= 0.3 is 0 Å². The van der Waals surface area contributed by atoms with Crippen molar-refractivity contribution in [3.8, 4) is 0 Å². The second kappa shape index (κ2) is 7.45. The summed E-state index contributed by atoms with van der Waals surface area (Å²) >= 11 is 6.00. The van der Waals surface area contributed by atoms with Gasteiger partial charge in [0.05, 0.1) is 11.9 Å². The predicted molar refractivity (Wildman–Crippen MR) is 103 cm³/mol. The van der Waals surface area contributed by atoms with Gasteiger partial charge in [0.25, 0.3) is 0 Å². The Morgan fingerprint density at radius 2 is 1.68 bits per heavy atom. The first-order valence-electron chi connectivity index (χ1n) is 7.69. The zero-order valence-corrected chi connectivity index (χ0v) is 16.2. The maximum absolute atomic E-state index is 12.5. The van der Waals surface area contributed by atoms with Crippen molar-refractivity contribution in [2.24, 2.45) is 0 Å². The van der Waals surface area contributed by atoms with E-state index in [1.165, 1.54) is 0 Å². The first-order chi connectivity index (χ1) is 11.6. The van der Waals surface area contributed by atoms with Crippen LogP contribution >= 0.6 is 11.6 Å². The van der Waals surface area contributed by atoms with Gasteiger partial charge in [-0.15, -0.1) is 0 Å². The molecule has 0 aliphatic carbocycles. The molecular formula is C18H21ClN2O3S. The molecule has 0 aromatic heterocycles. The molecule has 5 nitrogen and oxygen atoms in total. The van der Waals surface area contributed by atoms with Gasteiger partial charge in [0, 0.05) is 10.7 Å². The molecule has 0 aliphatic rings. The fourth-order valence-corrected chi connectivity index (χ4v) is 3.63. The van der Waals surface area contributed by atoms with E-state index in [0.29, 0.717) is 16.4 Å². The number of amides is 1. The molecule has 0 atom stereocenters. The van der Waals surface area contributed by atoms with Crippen LogP contribution in [0.15, 0.2) is 36.4 Å². The number of sulfonamides is 1. The van der Waals surface area contributed by atoms with E-state index in [2.05, 4.69) is 5.32 Å². The molecule has 0 unspecified atom stereocenters. The number of nitrogens with zero attached hydrogens (tertiary/aromatic N) is 1. The van der Waals surface area contributed by atoms with Crippen LogP contribution < -0.4 is 9.62 Å². The van der Waals surface area contributed by atoms with E-state index in [0.717, 1.165) is 27.3 Å². The Kier molecular flexibility index (Phi) is 5.75. The standard InChI is InChI=1S/C18H21ClN2O3S/c1-12-8-9-15(19)10-16(12)21(25(4,23)24)11-17(22)20-18-13(2)6-5-7-14(18)3/h5-10H,11H2,1-4H3,(H,20,22). The molecule has 0 radical (unpaired) electrons. The van der Waals surface area contributed by atoms with E-state index >= 15 is 0 Å². The number of nitrogens with one attached hydrogen (secondary N) is 1. The number of halogens is 1. The van der Waals surface area contributed by atoms with Gasteiger partial charge in [-0.25, -0.2) is 8.42 Å². The Hall–Kier alpha value is -2.05. The average Bonchev–Trinajstić information content (AvgIpc) is 2.50. The minimum absolute atomic E-state index is 0.326. The van der Waals surface area contributed by atoms with Gasteiger partial charge in [0.1, 0.15) is 6.54 Å². The van der Waals surface area contributed by atoms with E-state index in [4.69, 9.17) is 11.6 Å².